The molecular formula is C21H20ClN3O4. The van der Waals surface area contributed by atoms with Gasteiger partial charge in [-0.25, -0.2) is 4.98 Å². The average Bonchev–Trinajstić information content (AvgIpc) is 3.21. The van der Waals surface area contributed by atoms with Gasteiger partial charge in [0.25, 0.3) is 0 Å². The molecular weight excluding hydrogens is 394 g/mol. The van der Waals surface area contributed by atoms with Crippen molar-refractivity contribution >= 4 is 23.4 Å². The Labute approximate surface area is 173 Å². The summed E-state index contributed by atoms with van der Waals surface area (Å²) in [6.45, 7) is 0. The monoisotopic (exact) mass is 413 g/mol. The largest absolute Gasteiger partial charge is 0.497 e. The van der Waals surface area contributed by atoms with E-state index in [-0.39, 0.29) is 24.7 Å². The topological polar surface area (TPSA) is 93.5 Å². The minimum absolute atomic E-state index is 0.129. The van der Waals surface area contributed by atoms with Crippen LogP contribution in [0, 0.1) is 0 Å². The summed E-state index contributed by atoms with van der Waals surface area (Å²) in [6, 6.07) is 14.3. The number of hydrogen-bond donors (Lipinski definition) is 2. The number of aryl methyl sites for hydroxylation is 1. The van der Waals surface area contributed by atoms with Gasteiger partial charge in [0.2, 0.25) is 11.8 Å². The Kier molecular flexibility index (Phi) is 6.86. The predicted molar refractivity (Wildman–Crippen MR) is 108 cm³/mol. The van der Waals surface area contributed by atoms with Crippen molar-refractivity contribution in [3.05, 3.63) is 71.2 Å². The summed E-state index contributed by atoms with van der Waals surface area (Å²) in [7, 11) is 1.60. The van der Waals surface area contributed by atoms with Gasteiger partial charge in [-0.1, -0.05) is 23.7 Å². The molecule has 0 unspecified atom stereocenters. The molecule has 0 aliphatic heterocycles. The van der Waals surface area contributed by atoms with Gasteiger partial charge in [0, 0.05) is 23.4 Å². The van der Waals surface area contributed by atoms with Gasteiger partial charge in [-0.2, -0.15) is 0 Å². The van der Waals surface area contributed by atoms with Crippen molar-refractivity contribution in [2.75, 3.05) is 7.11 Å². The normalized spacial score (nSPS) is 10.4. The molecule has 0 fully saturated rings. The fourth-order valence-corrected chi connectivity index (χ4v) is 2.69. The smallest absolute Gasteiger partial charge is 0.242 e. The number of oxazole rings is 1. The molecule has 1 aromatic heterocycles. The summed E-state index contributed by atoms with van der Waals surface area (Å²) in [6.07, 6.45) is 2.20. The number of halogens is 1. The van der Waals surface area contributed by atoms with E-state index in [1.54, 1.807) is 37.6 Å². The molecule has 1 heterocycles. The second kappa shape index (κ2) is 9.75. The van der Waals surface area contributed by atoms with E-state index >= 15 is 0 Å². The number of hydrogen-bond acceptors (Lipinski definition) is 5. The average molecular weight is 414 g/mol. The summed E-state index contributed by atoms with van der Waals surface area (Å²) >= 11 is 5.81. The third-order valence-electron chi connectivity index (χ3n) is 4.11. The Morgan fingerprint density at radius 2 is 1.72 bits per heavy atom. The zero-order valence-corrected chi connectivity index (χ0v) is 16.5. The number of ether oxygens (including phenoxy) is 1. The predicted octanol–water partition coefficient (Wildman–Crippen LogP) is 3.33. The lowest BCUT2D eigenvalue weighted by atomic mass is 10.1. The van der Waals surface area contributed by atoms with E-state index in [0.717, 1.165) is 16.9 Å². The lowest BCUT2D eigenvalue weighted by Crippen LogP contribution is -2.42. The van der Waals surface area contributed by atoms with E-state index in [2.05, 4.69) is 15.8 Å². The standard InChI is InChI=1S/C21H20ClN3O4/c1-28-17-8-4-15(5-9-17)18-13-23-21(29-18)11-10-19(26)24-25-20(27)12-14-2-6-16(22)7-3-14/h2-9,13H,10-12H2,1H3,(H,24,26)(H,25,27). The van der Waals surface area contributed by atoms with Gasteiger partial charge in [0.05, 0.1) is 19.7 Å². The Hall–Kier alpha value is -3.32. The van der Waals surface area contributed by atoms with Crippen LogP contribution in [0.3, 0.4) is 0 Å². The molecule has 0 radical (unpaired) electrons. The quantitative estimate of drug-likeness (QED) is 0.579. The van der Waals surface area contributed by atoms with Crippen LogP contribution in [0.4, 0.5) is 0 Å². The molecule has 2 amide bonds. The highest BCUT2D eigenvalue weighted by Gasteiger charge is 2.10. The summed E-state index contributed by atoms with van der Waals surface area (Å²) in [5.41, 5.74) is 6.44. The number of aromatic nitrogens is 1. The lowest BCUT2D eigenvalue weighted by Gasteiger charge is -2.07. The van der Waals surface area contributed by atoms with E-state index < -0.39 is 0 Å². The molecule has 8 heteroatoms. The number of nitrogens with zero attached hydrogens (tertiary/aromatic N) is 1. The van der Waals surface area contributed by atoms with Crippen LogP contribution >= 0.6 is 11.6 Å². The van der Waals surface area contributed by atoms with Crippen molar-refractivity contribution in [2.45, 2.75) is 19.3 Å². The first-order valence-electron chi connectivity index (χ1n) is 8.95. The summed E-state index contributed by atoms with van der Waals surface area (Å²) in [5.74, 6) is 1.15. The van der Waals surface area contributed by atoms with E-state index in [1.807, 2.05) is 24.3 Å². The van der Waals surface area contributed by atoms with Crippen LogP contribution in [0.15, 0.2) is 59.1 Å². The van der Waals surface area contributed by atoms with Gasteiger partial charge in [-0.3, -0.25) is 20.4 Å². The number of benzene rings is 2. The molecule has 2 N–H and O–H groups in total. The Balaban J connectivity index is 1.42. The molecule has 0 saturated heterocycles. The molecule has 0 aliphatic rings. The van der Waals surface area contributed by atoms with Crippen molar-refractivity contribution in [2.24, 2.45) is 0 Å². The van der Waals surface area contributed by atoms with Crippen LogP contribution in [0.1, 0.15) is 17.9 Å². The summed E-state index contributed by atoms with van der Waals surface area (Å²) < 4.78 is 10.8. The third kappa shape index (κ3) is 6.08. The zero-order chi connectivity index (χ0) is 20.6. The second-order valence-electron chi connectivity index (χ2n) is 6.25. The number of amides is 2. The number of carbonyl (C=O) groups is 2. The van der Waals surface area contributed by atoms with Gasteiger partial charge >= 0.3 is 0 Å². The third-order valence-corrected chi connectivity index (χ3v) is 4.37. The van der Waals surface area contributed by atoms with Crippen molar-refractivity contribution in [1.82, 2.24) is 15.8 Å². The number of hydrazine groups is 1. The number of methoxy groups -OCH3 is 1. The first-order valence-corrected chi connectivity index (χ1v) is 9.32. The fraction of sp³-hybridized carbons (Fsp3) is 0.190. The molecule has 3 rings (SSSR count). The zero-order valence-electron chi connectivity index (χ0n) is 15.8. The Morgan fingerprint density at radius 3 is 2.41 bits per heavy atom. The highest BCUT2D eigenvalue weighted by molar-refractivity contribution is 6.30. The minimum Gasteiger partial charge on any atom is -0.497 e. The van der Waals surface area contributed by atoms with Crippen LogP contribution < -0.4 is 15.6 Å². The molecule has 0 bridgehead atoms. The summed E-state index contributed by atoms with van der Waals surface area (Å²) in [5, 5.41) is 0.601. The van der Waals surface area contributed by atoms with Gasteiger partial charge in [-0.05, 0) is 42.0 Å². The number of rotatable bonds is 7. The molecule has 3 aromatic rings. The number of carbonyl (C=O) groups excluding carboxylic acids is 2. The highest BCUT2D eigenvalue weighted by Crippen LogP contribution is 2.23. The molecule has 2 aromatic carbocycles. The first-order chi connectivity index (χ1) is 14.0. The Bertz CT molecular complexity index is 968. The second-order valence-corrected chi connectivity index (χ2v) is 6.68. The van der Waals surface area contributed by atoms with Gasteiger partial charge < -0.3 is 9.15 Å². The molecule has 0 saturated carbocycles. The van der Waals surface area contributed by atoms with Crippen molar-refractivity contribution in [3.63, 3.8) is 0 Å². The molecule has 29 heavy (non-hydrogen) atoms. The maximum absolute atomic E-state index is 11.9. The van der Waals surface area contributed by atoms with Crippen LogP contribution in [0.25, 0.3) is 11.3 Å². The molecule has 0 aliphatic carbocycles. The van der Waals surface area contributed by atoms with Gasteiger partial charge in [0.1, 0.15) is 5.75 Å². The SMILES string of the molecule is COc1ccc(-c2cnc(CCC(=O)NNC(=O)Cc3ccc(Cl)cc3)o2)cc1. The highest BCUT2D eigenvalue weighted by atomic mass is 35.5. The van der Waals surface area contributed by atoms with E-state index in [4.69, 9.17) is 20.8 Å². The molecule has 7 nitrogen and oxygen atoms in total. The minimum atomic E-state index is -0.335. The first kappa shape index (κ1) is 20.4. The van der Waals surface area contributed by atoms with Crippen molar-refractivity contribution < 1.29 is 18.7 Å². The van der Waals surface area contributed by atoms with E-state index in [9.17, 15) is 9.59 Å². The van der Waals surface area contributed by atoms with Gasteiger partial charge in [0.15, 0.2) is 11.7 Å². The van der Waals surface area contributed by atoms with Crippen LogP contribution in [-0.2, 0) is 22.4 Å². The summed E-state index contributed by atoms with van der Waals surface area (Å²) in [4.78, 5) is 28.0. The fourth-order valence-electron chi connectivity index (χ4n) is 2.57. The molecule has 0 atom stereocenters. The lowest BCUT2D eigenvalue weighted by molar-refractivity contribution is -0.128. The van der Waals surface area contributed by atoms with Crippen LogP contribution in [0.2, 0.25) is 5.02 Å². The Morgan fingerprint density at radius 1 is 1.03 bits per heavy atom. The van der Waals surface area contributed by atoms with Gasteiger partial charge in [-0.15, -0.1) is 0 Å². The maximum atomic E-state index is 11.9. The van der Waals surface area contributed by atoms with Crippen LogP contribution in [0.5, 0.6) is 5.75 Å². The van der Waals surface area contributed by atoms with E-state index in [0.29, 0.717) is 23.1 Å². The molecule has 0 spiro atoms. The van der Waals surface area contributed by atoms with E-state index in [1.165, 1.54) is 0 Å². The van der Waals surface area contributed by atoms with Crippen molar-refractivity contribution in [3.8, 4) is 17.1 Å². The number of nitrogens with one attached hydrogen (secondary N) is 2. The molecule has 150 valence electrons. The van der Waals surface area contributed by atoms with Crippen molar-refractivity contribution in [1.29, 1.82) is 0 Å². The van der Waals surface area contributed by atoms with Crippen LogP contribution in [-0.4, -0.2) is 23.9 Å². The maximum Gasteiger partial charge on any atom is 0.242 e.